The predicted octanol–water partition coefficient (Wildman–Crippen LogP) is 3.95. The second-order valence-corrected chi connectivity index (χ2v) is 7.48. The third-order valence-electron chi connectivity index (χ3n) is 5.77. The lowest BCUT2D eigenvalue weighted by atomic mass is 9.78. The molecule has 2 heterocycles. The van der Waals surface area contributed by atoms with Crippen molar-refractivity contribution >= 4 is 5.97 Å². The molecule has 26 heavy (non-hydrogen) atoms. The zero-order valence-electron chi connectivity index (χ0n) is 14.7. The standard InChI is InChI=1S/C17H23NO.C2HF3O2/c1-17-11-18-9-16(17)14-8-4-7-13(15(14)10-19-17)12-5-2-3-6-12;3-2(4,5)1(6)7/h4,7-8,12,16,18H,2-3,5-6,9-11H2,1H3;(H,6,7)/t16-,17-;/m1./s1. The molecule has 7 heteroatoms. The number of nitrogens with one attached hydrogen (secondary N) is 1. The van der Waals surface area contributed by atoms with E-state index < -0.39 is 12.1 Å². The van der Waals surface area contributed by atoms with Crippen LogP contribution in [-0.4, -0.2) is 35.9 Å². The van der Waals surface area contributed by atoms with Crippen LogP contribution in [-0.2, 0) is 16.1 Å². The van der Waals surface area contributed by atoms with Crippen molar-refractivity contribution < 1.29 is 27.8 Å². The van der Waals surface area contributed by atoms with Crippen molar-refractivity contribution in [3.05, 3.63) is 34.9 Å². The lowest BCUT2D eigenvalue weighted by Crippen LogP contribution is -2.40. The maximum absolute atomic E-state index is 10.6. The van der Waals surface area contributed by atoms with Gasteiger partial charge in [0.1, 0.15) is 0 Å². The van der Waals surface area contributed by atoms with E-state index >= 15 is 0 Å². The van der Waals surface area contributed by atoms with Crippen LogP contribution in [0, 0.1) is 0 Å². The molecule has 2 atom stereocenters. The summed E-state index contributed by atoms with van der Waals surface area (Å²) in [5.74, 6) is -1.43. The number of aliphatic carboxylic acids is 1. The van der Waals surface area contributed by atoms with E-state index in [9.17, 15) is 13.2 Å². The fourth-order valence-electron chi connectivity index (χ4n) is 4.37. The van der Waals surface area contributed by atoms with Crippen molar-refractivity contribution in [2.75, 3.05) is 13.1 Å². The molecule has 1 aliphatic carbocycles. The van der Waals surface area contributed by atoms with Gasteiger partial charge < -0.3 is 15.2 Å². The largest absolute Gasteiger partial charge is 0.490 e. The molecule has 3 aliphatic rings. The number of carboxylic acids is 1. The molecular formula is C19H24F3NO3. The number of hydrogen-bond donors (Lipinski definition) is 2. The van der Waals surface area contributed by atoms with Gasteiger partial charge in [0.15, 0.2) is 0 Å². The molecule has 0 radical (unpaired) electrons. The summed E-state index contributed by atoms with van der Waals surface area (Å²) in [5.41, 5.74) is 4.68. The first-order chi connectivity index (χ1) is 12.2. The van der Waals surface area contributed by atoms with Crippen molar-refractivity contribution in [1.82, 2.24) is 5.32 Å². The highest BCUT2D eigenvalue weighted by molar-refractivity contribution is 5.73. The highest BCUT2D eigenvalue weighted by Gasteiger charge is 2.45. The molecule has 2 aliphatic heterocycles. The monoisotopic (exact) mass is 371 g/mol. The van der Waals surface area contributed by atoms with E-state index in [4.69, 9.17) is 14.6 Å². The third-order valence-corrected chi connectivity index (χ3v) is 5.77. The fourth-order valence-corrected chi connectivity index (χ4v) is 4.37. The Hall–Kier alpha value is -1.60. The lowest BCUT2D eigenvalue weighted by Gasteiger charge is -2.38. The molecule has 2 fully saturated rings. The zero-order chi connectivity index (χ0) is 18.9. The van der Waals surface area contributed by atoms with Crippen LogP contribution in [0.15, 0.2) is 18.2 Å². The molecule has 4 rings (SSSR count). The van der Waals surface area contributed by atoms with E-state index in [1.807, 2.05) is 0 Å². The second-order valence-electron chi connectivity index (χ2n) is 7.48. The molecule has 144 valence electrons. The molecule has 0 amide bonds. The highest BCUT2D eigenvalue weighted by atomic mass is 19.4. The molecular weight excluding hydrogens is 347 g/mol. The highest BCUT2D eigenvalue weighted by Crippen LogP contribution is 2.45. The van der Waals surface area contributed by atoms with Crippen molar-refractivity contribution in [3.8, 4) is 0 Å². The summed E-state index contributed by atoms with van der Waals surface area (Å²) in [7, 11) is 0. The van der Waals surface area contributed by atoms with Gasteiger partial charge in [0.25, 0.3) is 0 Å². The van der Waals surface area contributed by atoms with Gasteiger partial charge in [-0.2, -0.15) is 13.2 Å². The minimum absolute atomic E-state index is 0.0152. The molecule has 0 bridgehead atoms. The number of hydrogen-bond acceptors (Lipinski definition) is 3. The summed E-state index contributed by atoms with van der Waals surface area (Å²) in [5, 5.41) is 10.6. The molecule has 1 saturated heterocycles. The van der Waals surface area contributed by atoms with E-state index in [1.54, 1.807) is 11.1 Å². The smallest absolute Gasteiger partial charge is 0.475 e. The Bertz CT molecular complexity index is 670. The quantitative estimate of drug-likeness (QED) is 0.785. The van der Waals surface area contributed by atoms with Gasteiger partial charge in [-0.25, -0.2) is 4.79 Å². The van der Waals surface area contributed by atoms with Gasteiger partial charge in [-0.3, -0.25) is 0 Å². The number of ether oxygens (including phenoxy) is 1. The number of alkyl halides is 3. The number of carboxylic acid groups (broad SMARTS) is 1. The number of fused-ring (bicyclic) bond motifs is 3. The van der Waals surface area contributed by atoms with Crippen LogP contribution in [0.3, 0.4) is 0 Å². The summed E-state index contributed by atoms with van der Waals surface area (Å²) in [6.45, 7) is 5.14. The molecule has 4 nitrogen and oxygen atoms in total. The predicted molar refractivity (Wildman–Crippen MR) is 90.1 cm³/mol. The van der Waals surface area contributed by atoms with Crippen LogP contribution in [0.25, 0.3) is 0 Å². The Morgan fingerprint density at radius 3 is 2.50 bits per heavy atom. The van der Waals surface area contributed by atoms with Gasteiger partial charge >= 0.3 is 12.1 Å². The average Bonchev–Trinajstić information content (AvgIpc) is 3.23. The average molecular weight is 371 g/mol. The topological polar surface area (TPSA) is 58.6 Å². The zero-order valence-corrected chi connectivity index (χ0v) is 14.7. The summed E-state index contributed by atoms with van der Waals surface area (Å²) >= 11 is 0. The first kappa shape index (κ1) is 19.2. The Labute approximate surface area is 150 Å². The molecule has 0 unspecified atom stereocenters. The van der Waals surface area contributed by atoms with E-state index in [2.05, 4.69) is 30.4 Å². The maximum Gasteiger partial charge on any atom is 0.490 e. The van der Waals surface area contributed by atoms with Crippen LogP contribution < -0.4 is 5.32 Å². The van der Waals surface area contributed by atoms with E-state index in [0.717, 1.165) is 25.6 Å². The Balaban J connectivity index is 0.000000242. The van der Waals surface area contributed by atoms with Crippen LogP contribution >= 0.6 is 0 Å². The van der Waals surface area contributed by atoms with E-state index in [0.29, 0.717) is 5.92 Å². The van der Waals surface area contributed by atoms with Crippen molar-refractivity contribution in [2.45, 2.75) is 62.8 Å². The first-order valence-electron chi connectivity index (χ1n) is 8.99. The van der Waals surface area contributed by atoms with Crippen LogP contribution in [0.4, 0.5) is 13.2 Å². The third kappa shape index (κ3) is 3.74. The Morgan fingerprint density at radius 1 is 1.27 bits per heavy atom. The normalized spacial score (nSPS) is 28.1. The summed E-state index contributed by atoms with van der Waals surface area (Å²) < 4.78 is 38.0. The minimum Gasteiger partial charge on any atom is -0.475 e. The fraction of sp³-hybridized carbons (Fsp3) is 0.632. The number of halogens is 3. The summed E-state index contributed by atoms with van der Waals surface area (Å²) in [6.07, 6.45) is 0.461. The maximum atomic E-state index is 10.6. The molecule has 0 aromatic heterocycles. The lowest BCUT2D eigenvalue weighted by molar-refractivity contribution is -0.192. The van der Waals surface area contributed by atoms with Gasteiger partial charge in [-0.1, -0.05) is 31.0 Å². The van der Waals surface area contributed by atoms with Crippen molar-refractivity contribution in [3.63, 3.8) is 0 Å². The summed E-state index contributed by atoms with van der Waals surface area (Å²) in [4.78, 5) is 8.90. The van der Waals surface area contributed by atoms with Crippen LogP contribution in [0.1, 0.15) is 61.1 Å². The van der Waals surface area contributed by atoms with Crippen molar-refractivity contribution in [2.24, 2.45) is 0 Å². The van der Waals surface area contributed by atoms with Gasteiger partial charge in [0.2, 0.25) is 0 Å². The van der Waals surface area contributed by atoms with Gasteiger partial charge in [-0.15, -0.1) is 0 Å². The Morgan fingerprint density at radius 2 is 1.88 bits per heavy atom. The summed E-state index contributed by atoms with van der Waals surface area (Å²) in [6, 6.07) is 6.96. The first-order valence-corrected chi connectivity index (χ1v) is 8.99. The number of carbonyl (C=O) groups is 1. The number of benzene rings is 1. The van der Waals surface area contributed by atoms with E-state index in [-0.39, 0.29) is 5.60 Å². The molecule has 1 aromatic carbocycles. The minimum atomic E-state index is -5.08. The van der Waals surface area contributed by atoms with Gasteiger partial charge in [0, 0.05) is 19.0 Å². The van der Waals surface area contributed by atoms with Crippen LogP contribution in [0.2, 0.25) is 0 Å². The molecule has 2 N–H and O–H groups in total. The second kappa shape index (κ2) is 7.19. The van der Waals surface area contributed by atoms with E-state index in [1.165, 1.54) is 31.2 Å². The van der Waals surface area contributed by atoms with Crippen molar-refractivity contribution in [1.29, 1.82) is 0 Å². The molecule has 1 saturated carbocycles. The van der Waals surface area contributed by atoms with Gasteiger partial charge in [0.05, 0.1) is 12.2 Å². The van der Waals surface area contributed by atoms with Gasteiger partial charge in [-0.05, 0) is 42.4 Å². The molecule has 1 aromatic rings. The SMILES string of the molecule is C[C@@]12CNC[C@@H]1c1cccc(C3CCCC3)c1CO2.O=C(O)C(F)(F)F. The Kier molecular flexibility index (Phi) is 5.30. The number of rotatable bonds is 1. The molecule has 0 spiro atoms. The van der Waals surface area contributed by atoms with Crippen LogP contribution in [0.5, 0.6) is 0 Å².